The van der Waals surface area contributed by atoms with E-state index in [0.717, 1.165) is 6.42 Å². The van der Waals surface area contributed by atoms with Gasteiger partial charge in [0.1, 0.15) is 0 Å². The second-order valence-corrected chi connectivity index (χ2v) is 4.89. The topological polar surface area (TPSA) is 69.9 Å². The van der Waals surface area contributed by atoms with Crippen molar-refractivity contribution in [2.75, 3.05) is 53.4 Å². The Morgan fingerprint density at radius 2 is 1.56 bits per heavy atom. The molecule has 6 nitrogen and oxygen atoms in total. The van der Waals surface area contributed by atoms with Gasteiger partial charge in [0.2, 0.25) is 11.8 Å². The first kappa shape index (κ1) is 14.9. The number of likely N-dealkylation sites (N-methyl/N-ethyl adjacent to an activating group) is 1. The highest BCUT2D eigenvalue weighted by molar-refractivity contribution is 5.79. The third-order valence-electron chi connectivity index (χ3n) is 3.03. The van der Waals surface area contributed by atoms with Crippen LogP contribution < -0.4 is 5.73 Å². The van der Waals surface area contributed by atoms with E-state index in [1.807, 2.05) is 28.8 Å². The molecule has 18 heavy (non-hydrogen) atoms. The third-order valence-corrected chi connectivity index (χ3v) is 3.03. The highest BCUT2D eigenvalue weighted by Crippen LogP contribution is 2.05. The Bertz CT molecular complexity index is 286. The summed E-state index contributed by atoms with van der Waals surface area (Å²) in [5.74, 6) is 0.286. The number of nitrogens with two attached hydrogens (primary N) is 1. The van der Waals surface area contributed by atoms with Gasteiger partial charge in [-0.1, -0.05) is 0 Å². The lowest BCUT2D eigenvalue weighted by Gasteiger charge is -2.35. The van der Waals surface area contributed by atoms with Gasteiger partial charge in [-0.2, -0.15) is 0 Å². The van der Waals surface area contributed by atoms with Crippen molar-refractivity contribution in [2.45, 2.75) is 12.8 Å². The second kappa shape index (κ2) is 7.33. The number of nitrogens with zero attached hydrogens (tertiary/aromatic N) is 3. The van der Waals surface area contributed by atoms with E-state index >= 15 is 0 Å². The molecule has 1 aliphatic rings. The molecular weight excluding hydrogens is 232 g/mol. The molecule has 0 aliphatic carbocycles. The van der Waals surface area contributed by atoms with E-state index in [4.69, 9.17) is 5.73 Å². The van der Waals surface area contributed by atoms with Crippen LogP contribution in [0.5, 0.6) is 0 Å². The van der Waals surface area contributed by atoms with E-state index in [9.17, 15) is 9.59 Å². The summed E-state index contributed by atoms with van der Waals surface area (Å²) >= 11 is 0. The van der Waals surface area contributed by atoms with Crippen molar-refractivity contribution in [3.8, 4) is 0 Å². The number of hydrogen-bond acceptors (Lipinski definition) is 4. The monoisotopic (exact) mass is 256 g/mol. The van der Waals surface area contributed by atoms with Crippen molar-refractivity contribution < 1.29 is 9.59 Å². The predicted molar refractivity (Wildman–Crippen MR) is 70.0 cm³/mol. The minimum atomic E-state index is 0.133. The fourth-order valence-corrected chi connectivity index (χ4v) is 1.99. The number of carbonyl (C=O) groups is 2. The van der Waals surface area contributed by atoms with Crippen LogP contribution in [-0.2, 0) is 9.59 Å². The molecule has 0 bridgehead atoms. The number of hydrogen-bond donors (Lipinski definition) is 1. The summed E-state index contributed by atoms with van der Waals surface area (Å²) in [6.07, 6.45) is 1.25. The standard InChI is InChI=1S/C12H24N4O2/c1-14(2)10-12(18)16-8-6-15(7-9-16)11(17)4-3-5-13/h3-10,13H2,1-2H3. The van der Waals surface area contributed by atoms with Gasteiger partial charge in [-0.05, 0) is 27.1 Å². The van der Waals surface area contributed by atoms with Gasteiger partial charge >= 0.3 is 0 Å². The van der Waals surface area contributed by atoms with Gasteiger partial charge in [-0.25, -0.2) is 0 Å². The van der Waals surface area contributed by atoms with E-state index in [1.165, 1.54) is 0 Å². The molecule has 1 saturated heterocycles. The highest BCUT2D eigenvalue weighted by atomic mass is 16.2. The number of amides is 2. The molecule has 0 radical (unpaired) electrons. The minimum absolute atomic E-state index is 0.133. The SMILES string of the molecule is CN(C)CC(=O)N1CCN(C(=O)CCCN)CC1. The Kier molecular flexibility index (Phi) is 6.07. The average molecular weight is 256 g/mol. The molecule has 0 saturated carbocycles. The lowest BCUT2D eigenvalue weighted by molar-refractivity contribution is -0.139. The summed E-state index contributed by atoms with van der Waals surface area (Å²) < 4.78 is 0. The van der Waals surface area contributed by atoms with Crippen molar-refractivity contribution in [3.63, 3.8) is 0 Å². The van der Waals surface area contributed by atoms with E-state index < -0.39 is 0 Å². The molecule has 0 unspecified atom stereocenters. The van der Waals surface area contributed by atoms with Crippen LogP contribution in [-0.4, -0.2) is 79.9 Å². The molecule has 0 aromatic carbocycles. The molecule has 0 aromatic rings. The Morgan fingerprint density at radius 1 is 1.06 bits per heavy atom. The molecule has 6 heteroatoms. The second-order valence-electron chi connectivity index (χ2n) is 4.89. The van der Waals surface area contributed by atoms with Gasteiger partial charge < -0.3 is 20.4 Å². The molecule has 1 heterocycles. The fourth-order valence-electron chi connectivity index (χ4n) is 1.99. The Hall–Kier alpha value is -1.14. The van der Waals surface area contributed by atoms with Gasteiger partial charge in [0.15, 0.2) is 0 Å². The van der Waals surface area contributed by atoms with Crippen molar-refractivity contribution >= 4 is 11.8 Å². The molecule has 0 spiro atoms. The maximum absolute atomic E-state index is 11.8. The smallest absolute Gasteiger partial charge is 0.236 e. The summed E-state index contributed by atoms with van der Waals surface area (Å²) in [5, 5.41) is 0. The van der Waals surface area contributed by atoms with Crippen molar-refractivity contribution in [1.82, 2.24) is 14.7 Å². The largest absolute Gasteiger partial charge is 0.339 e. The summed E-state index contributed by atoms with van der Waals surface area (Å²) in [6.45, 7) is 3.54. The zero-order valence-electron chi connectivity index (χ0n) is 11.4. The lowest BCUT2D eigenvalue weighted by Crippen LogP contribution is -2.52. The highest BCUT2D eigenvalue weighted by Gasteiger charge is 2.23. The van der Waals surface area contributed by atoms with Crippen LogP contribution in [0.1, 0.15) is 12.8 Å². The van der Waals surface area contributed by atoms with Crippen molar-refractivity contribution in [3.05, 3.63) is 0 Å². The van der Waals surface area contributed by atoms with E-state index in [2.05, 4.69) is 0 Å². The number of rotatable bonds is 5. The van der Waals surface area contributed by atoms with Crippen LogP contribution in [0.25, 0.3) is 0 Å². The Morgan fingerprint density at radius 3 is 2.00 bits per heavy atom. The number of piperazine rings is 1. The van der Waals surface area contributed by atoms with Crippen molar-refractivity contribution in [1.29, 1.82) is 0 Å². The van der Waals surface area contributed by atoms with E-state index in [0.29, 0.717) is 45.7 Å². The first-order valence-electron chi connectivity index (χ1n) is 6.45. The summed E-state index contributed by atoms with van der Waals surface area (Å²) in [7, 11) is 3.76. The van der Waals surface area contributed by atoms with Gasteiger partial charge in [0, 0.05) is 32.6 Å². The van der Waals surface area contributed by atoms with Crippen LogP contribution in [0.2, 0.25) is 0 Å². The molecule has 1 aliphatic heterocycles. The summed E-state index contributed by atoms with van der Waals surface area (Å²) in [4.78, 5) is 29.1. The molecule has 1 fully saturated rings. The third kappa shape index (κ3) is 4.62. The predicted octanol–water partition coefficient (Wildman–Crippen LogP) is -1.04. The van der Waals surface area contributed by atoms with Crippen LogP contribution in [0.15, 0.2) is 0 Å². The van der Waals surface area contributed by atoms with Crippen LogP contribution in [0.3, 0.4) is 0 Å². The zero-order chi connectivity index (χ0) is 13.5. The molecule has 104 valence electrons. The normalized spacial score (nSPS) is 16.2. The molecule has 2 N–H and O–H groups in total. The summed E-state index contributed by atoms with van der Waals surface area (Å²) in [5.41, 5.74) is 5.39. The zero-order valence-corrected chi connectivity index (χ0v) is 11.4. The van der Waals surface area contributed by atoms with E-state index in [1.54, 1.807) is 0 Å². The molecule has 0 atom stereocenters. The van der Waals surface area contributed by atoms with Gasteiger partial charge in [-0.15, -0.1) is 0 Å². The molecule has 2 amide bonds. The van der Waals surface area contributed by atoms with Gasteiger partial charge in [0.05, 0.1) is 6.54 Å². The fraction of sp³-hybridized carbons (Fsp3) is 0.833. The van der Waals surface area contributed by atoms with Gasteiger partial charge in [0.25, 0.3) is 0 Å². The van der Waals surface area contributed by atoms with Crippen LogP contribution in [0.4, 0.5) is 0 Å². The first-order chi connectivity index (χ1) is 8.54. The maximum atomic E-state index is 11.8. The first-order valence-corrected chi connectivity index (χ1v) is 6.45. The maximum Gasteiger partial charge on any atom is 0.236 e. The molecule has 0 aromatic heterocycles. The summed E-state index contributed by atoms with van der Waals surface area (Å²) in [6, 6.07) is 0. The minimum Gasteiger partial charge on any atom is -0.339 e. The van der Waals surface area contributed by atoms with Crippen LogP contribution >= 0.6 is 0 Å². The quantitative estimate of drug-likeness (QED) is 0.682. The lowest BCUT2D eigenvalue weighted by atomic mass is 10.2. The Balaban J connectivity index is 2.32. The number of carbonyl (C=O) groups excluding carboxylic acids is 2. The molecule has 1 rings (SSSR count). The van der Waals surface area contributed by atoms with Crippen LogP contribution in [0, 0.1) is 0 Å². The molecular formula is C12H24N4O2. The Labute approximate surface area is 109 Å². The van der Waals surface area contributed by atoms with Gasteiger partial charge in [-0.3, -0.25) is 9.59 Å². The van der Waals surface area contributed by atoms with Crippen molar-refractivity contribution in [2.24, 2.45) is 5.73 Å². The average Bonchev–Trinajstić information content (AvgIpc) is 2.35. The van der Waals surface area contributed by atoms with E-state index in [-0.39, 0.29) is 11.8 Å².